The molecule has 8 nitrogen and oxygen atoms in total. The van der Waals surface area contributed by atoms with Crippen LogP contribution in [0.2, 0.25) is 0 Å². The summed E-state index contributed by atoms with van der Waals surface area (Å²) in [6, 6.07) is 53.0. The highest BCUT2D eigenvalue weighted by atomic mass is 16.3. The molecule has 1 aliphatic heterocycles. The van der Waals surface area contributed by atoms with E-state index in [1.54, 1.807) is 0 Å². The number of aromatic hydroxyl groups is 1. The largest absolute Gasteiger partial charge is 0.507 e. The smallest absolute Gasteiger partial charge is 0.450 e. The quantitative estimate of drug-likeness (QED) is 0.160. The zero-order chi connectivity index (χ0) is 52.0. The van der Waals surface area contributed by atoms with Crippen LogP contribution in [0.5, 0.6) is 5.75 Å². The van der Waals surface area contributed by atoms with Crippen molar-refractivity contribution in [1.82, 2.24) is 14.5 Å². The lowest BCUT2D eigenvalue weighted by molar-refractivity contribution is 0.446. The Balaban J connectivity index is 1.24. The molecule has 7 aromatic carbocycles. The average molecular weight is 967 g/mol. The molecule has 364 valence electrons. The lowest BCUT2D eigenvalue weighted by atomic mass is 9.68. The van der Waals surface area contributed by atoms with E-state index in [9.17, 15) is 10.4 Å². The number of hydrogen-bond acceptors (Lipinski definition) is 7. The molecule has 1 N–H and O–H groups in total. The highest BCUT2D eigenvalue weighted by Gasteiger charge is 2.31. The maximum atomic E-state index is 12.7. The third-order valence-electron chi connectivity index (χ3n) is 14.6. The summed E-state index contributed by atoms with van der Waals surface area (Å²) in [5.41, 5.74) is 17.3. The average Bonchev–Trinajstić information content (AvgIpc) is 4.07. The minimum Gasteiger partial charge on any atom is -0.507 e. The van der Waals surface area contributed by atoms with Gasteiger partial charge in [0.2, 0.25) is 0 Å². The van der Waals surface area contributed by atoms with Crippen LogP contribution in [0.1, 0.15) is 98.4 Å². The first kappa shape index (κ1) is 48.0. The fourth-order valence-electron chi connectivity index (χ4n) is 10.3. The maximum absolute atomic E-state index is 12.7. The standard InChI is InChI=1S/C65H59BN6O2/c1-38-39(2)71-66(70-38)54-36-58-49(31-44(54)37-67)50-29-43(30-51(61(50)74-58)55-32-42(27-28-68-55)40-19-14-12-15-20-40)47-23-18-24-57-59(47)69-62(52-34-46(64(6,7)8)35-53(60(52)73)65(9,10)11)72(57)56-26-25-45(63(3,4)5)33-48(56)41-21-16-13-17-22-41/h12-36,73H,1-11H3. The summed E-state index contributed by atoms with van der Waals surface area (Å²) in [4.78, 5) is 20.4. The molecule has 1 aliphatic rings. The molecule has 0 unspecified atom stereocenters. The number of phenolic OH excluding ortho intramolecular Hbond substituents is 1. The minimum atomic E-state index is -0.529. The highest BCUT2D eigenvalue weighted by molar-refractivity contribution is 6.78. The number of hydrogen-bond donors (Lipinski definition) is 1. The molecule has 11 rings (SSSR count). The Morgan fingerprint density at radius 1 is 0.581 bits per heavy atom. The van der Waals surface area contributed by atoms with Gasteiger partial charge in [0.05, 0.1) is 39.6 Å². The van der Waals surface area contributed by atoms with E-state index in [1.807, 2.05) is 62.5 Å². The first-order valence-corrected chi connectivity index (χ1v) is 25.4. The molecule has 0 aliphatic carbocycles. The number of rotatable bonds is 7. The van der Waals surface area contributed by atoms with Crippen LogP contribution < -0.4 is 5.46 Å². The molecule has 0 radical (unpaired) electrons. The van der Waals surface area contributed by atoms with Crippen molar-refractivity contribution in [3.8, 4) is 73.5 Å². The predicted molar refractivity (Wildman–Crippen MR) is 307 cm³/mol. The second kappa shape index (κ2) is 17.7. The third-order valence-corrected chi connectivity index (χ3v) is 14.6. The molecule has 74 heavy (non-hydrogen) atoms. The zero-order valence-corrected chi connectivity index (χ0v) is 44.0. The van der Waals surface area contributed by atoms with Crippen LogP contribution in [0.4, 0.5) is 0 Å². The molecule has 9 heteroatoms. The molecule has 0 atom stereocenters. The van der Waals surface area contributed by atoms with Crippen LogP contribution in [0.25, 0.3) is 94.7 Å². The number of pyridine rings is 1. The number of furan rings is 1. The van der Waals surface area contributed by atoms with Gasteiger partial charge in [-0.05, 0) is 130 Å². The Kier molecular flexibility index (Phi) is 11.5. The van der Waals surface area contributed by atoms with Gasteiger partial charge in [0.25, 0.3) is 0 Å². The van der Waals surface area contributed by atoms with Gasteiger partial charge in [0.1, 0.15) is 22.7 Å². The van der Waals surface area contributed by atoms with Crippen LogP contribution in [0, 0.1) is 11.3 Å². The third kappa shape index (κ3) is 8.38. The molecule has 3 aromatic heterocycles. The molecule has 0 amide bonds. The molecule has 10 aromatic rings. The van der Waals surface area contributed by atoms with Gasteiger partial charge in [0, 0.05) is 50.6 Å². The Bertz CT molecular complexity index is 3990. The predicted octanol–water partition coefficient (Wildman–Crippen LogP) is 15.8. The minimum absolute atomic E-state index is 0.120. The summed E-state index contributed by atoms with van der Waals surface area (Å²) in [6.45, 7) is 23.2. The van der Waals surface area contributed by atoms with Crippen molar-refractivity contribution in [2.75, 3.05) is 0 Å². The van der Waals surface area contributed by atoms with E-state index in [0.717, 1.165) is 94.7 Å². The van der Waals surface area contributed by atoms with E-state index in [2.05, 4.69) is 176 Å². The van der Waals surface area contributed by atoms with Gasteiger partial charge in [-0.3, -0.25) is 9.55 Å². The molecule has 0 saturated carbocycles. The first-order chi connectivity index (χ1) is 35.3. The first-order valence-electron chi connectivity index (χ1n) is 25.4. The second-order valence-corrected chi connectivity index (χ2v) is 22.9. The number of benzene rings is 7. The molecule has 0 spiro atoms. The summed E-state index contributed by atoms with van der Waals surface area (Å²) >= 11 is 0. The Hall–Kier alpha value is -8.35. The molecule has 0 fully saturated rings. The van der Waals surface area contributed by atoms with E-state index in [1.165, 1.54) is 5.56 Å². The van der Waals surface area contributed by atoms with E-state index in [0.29, 0.717) is 33.6 Å². The summed E-state index contributed by atoms with van der Waals surface area (Å²) in [5.74, 6) is 0.838. The molecule has 0 saturated heterocycles. The number of phenols is 1. The van der Waals surface area contributed by atoms with Gasteiger partial charge in [-0.15, -0.1) is 0 Å². The number of fused-ring (bicyclic) bond motifs is 4. The van der Waals surface area contributed by atoms with Gasteiger partial charge >= 0.3 is 6.98 Å². The van der Waals surface area contributed by atoms with Crippen LogP contribution >= 0.6 is 0 Å². The summed E-state index contributed by atoms with van der Waals surface area (Å²) in [5, 5.41) is 25.0. The lowest BCUT2D eigenvalue weighted by Gasteiger charge is -2.28. The second-order valence-electron chi connectivity index (χ2n) is 22.9. The van der Waals surface area contributed by atoms with Gasteiger partial charge < -0.3 is 19.3 Å². The van der Waals surface area contributed by atoms with Crippen molar-refractivity contribution in [2.45, 2.75) is 92.4 Å². The Morgan fingerprint density at radius 3 is 1.92 bits per heavy atom. The highest BCUT2D eigenvalue weighted by Crippen LogP contribution is 2.47. The monoisotopic (exact) mass is 966 g/mol. The van der Waals surface area contributed by atoms with E-state index in [-0.39, 0.29) is 22.0 Å². The SMILES string of the molecule is CC1=NB(c2cc3oc4c(-c5cc(-c6ccccc6)ccn5)cc(-c5cccc6c5nc(-c5cc(C(C)(C)C)cc(C(C)(C)C)c5O)n6-c5ccc(C(C)(C)C)cc5-c5ccccc5)cc4c3cc2C#N)N=C1C. The molecular formula is C65H59BN6O2. The molecule has 4 heterocycles. The van der Waals surface area contributed by atoms with Crippen molar-refractivity contribution in [3.63, 3.8) is 0 Å². The zero-order valence-electron chi connectivity index (χ0n) is 44.0. The molecule has 0 bridgehead atoms. The summed E-state index contributed by atoms with van der Waals surface area (Å²) < 4.78 is 9.19. The van der Waals surface area contributed by atoms with Crippen molar-refractivity contribution in [2.24, 2.45) is 9.81 Å². The molecular weight excluding hydrogens is 908 g/mol. The lowest BCUT2D eigenvalue weighted by Crippen LogP contribution is -2.28. The van der Waals surface area contributed by atoms with Crippen molar-refractivity contribution in [3.05, 3.63) is 174 Å². The van der Waals surface area contributed by atoms with Crippen LogP contribution in [-0.4, -0.2) is 38.0 Å². The van der Waals surface area contributed by atoms with Crippen molar-refractivity contribution < 1.29 is 9.52 Å². The van der Waals surface area contributed by atoms with Crippen molar-refractivity contribution >= 4 is 56.8 Å². The number of nitriles is 1. The van der Waals surface area contributed by atoms with Crippen LogP contribution in [0.15, 0.2) is 166 Å². The van der Waals surface area contributed by atoms with E-state index < -0.39 is 6.98 Å². The van der Waals surface area contributed by atoms with Crippen LogP contribution in [-0.2, 0) is 16.2 Å². The fourth-order valence-corrected chi connectivity index (χ4v) is 10.3. The topological polar surface area (TPSA) is 113 Å². The van der Waals surface area contributed by atoms with Crippen LogP contribution in [0.3, 0.4) is 0 Å². The fraction of sp³-hybridized carbons (Fsp3) is 0.215. The number of para-hydroxylation sites is 1. The van der Waals surface area contributed by atoms with Gasteiger partial charge in [0.15, 0.2) is 0 Å². The number of aromatic nitrogens is 3. The van der Waals surface area contributed by atoms with Gasteiger partial charge in [-0.25, -0.2) is 4.98 Å². The van der Waals surface area contributed by atoms with E-state index >= 15 is 0 Å². The van der Waals surface area contributed by atoms with Gasteiger partial charge in [-0.1, -0.05) is 147 Å². The maximum Gasteiger partial charge on any atom is 0.450 e. The Labute approximate surface area is 434 Å². The summed E-state index contributed by atoms with van der Waals surface area (Å²) in [7, 11) is 0. The number of nitrogens with zero attached hydrogens (tertiary/aromatic N) is 6. The summed E-state index contributed by atoms with van der Waals surface area (Å²) in [6.07, 6.45) is 1.85. The Morgan fingerprint density at radius 2 is 1.26 bits per heavy atom. The number of imidazole rings is 1. The van der Waals surface area contributed by atoms with Crippen molar-refractivity contribution in [1.29, 1.82) is 5.26 Å². The normalized spacial score (nSPS) is 13.2. The van der Waals surface area contributed by atoms with Gasteiger partial charge in [-0.2, -0.15) is 5.26 Å². The van der Waals surface area contributed by atoms with E-state index in [4.69, 9.17) is 24.2 Å².